The van der Waals surface area contributed by atoms with Crippen molar-refractivity contribution in [2.45, 2.75) is 38.3 Å². The average Bonchev–Trinajstić information content (AvgIpc) is 3.14. The number of hydrogen-bond donors (Lipinski definition) is 0. The Labute approximate surface area is 196 Å². The lowest BCUT2D eigenvalue weighted by molar-refractivity contribution is -0.118. The van der Waals surface area contributed by atoms with Crippen LogP contribution in [0, 0.1) is 0 Å². The van der Waals surface area contributed by atoms with Gasteiger partial charge in [-0.05, 0) is 61.1 Å². The van der Waals surface area contributed by atoms with E-state index in [-0.39, 0.29) is 5.91 Å². The molecule has 3 aliphatic rings. The summed E-state index contributed by atoms with van der Waals surface area (Å²) in [5, 5.41) is 0. The van der Waals surface area contributed by atoms with Gasteiger partial charge in [0, 0.05) is 69.7 Å². The Morgan fingerprint density at radius 3 is 2.33 bits per heavy atom. The van der Waals surface area contributed by atoms with Gasteiger partial charge in [0.15, 0.2) is 0 Å². The molecule has 0 unspecified atom stereocenters. The number of fused-ring (bicyclic) bond motifs is 1. The standard InChI is InChI=1S/C27H34N4O2/c32-21-28-13-3-14-29(19-18-28)26-11-16-30(17-12-26)25-8-6-23(7-9-25)27(33)31-15-10-22-4-1-2-5-24(22)20-31/h1-2,4-9,21,26H,3,10-20H2. The van der Waals surface area contributed by atoms with E-state index in [2.05, 4.69) is 46.2 Å². The molecule has 5 rings (SSSR count). The van der Waals surface area contributed by atoms with Crippen molar-refractivity contribution in [3.8, 4) is 0 Å². The molecule has 2 saturated heterocycles. The maximum atomic E-state index is 13.1. The maximum Gasteiger partial charge on any atom is 0.254 e. The minimum Gasteiger partial charge on any atom is -0.371 e. The van der Waals surface area contributed by atoms with Crippen LogP contribution >= 0.6 is 0 Å². The molecule has 3 heterocycles. The number of hydrogen-bond acceptors (Lipinski definition) is 4. The number of rotatable bonds is 4. The van der Waals surface area contributed by atoms with E-state index in [1.54, 1.807) is 0 Å². The Kier molecular flexibility index (Phi) is 6.63. The number of amides is 2. The normalized spacial score (nSPS) is 20.3. The summed E-state index contributed by atoms with van der Waals surface area (Å²) in [6.07, 6.45) is 5.28. The minimum absolute atomic E-state index is 0.125. The first-order valence-corrected chi connectivity index (χ1v) is 12.4. The summed E-state index contributed by atoms with van der Waals surface area (Å²) < 4.78 is 0. The fourth-order valence-corrected chi connectivity index (χ4v) is 5.58. The van der Waals surface area contributed by atoms with E-state index in [9.17, 15) is 9.59 Å². The molecular formula is C27H34N4O2. The zero-order chi connectivity index (χ0) is 22.6. The van der Waals surface area contributed by atoms with Gasteiger partial charge in [0.2, 0.25) is 6.41 Å². The van der Waals surface area contributed by atoms with Crippen molar-refractivity contribution in [3.05, 3.63) is 65.2 Å². The zero-order valence-electron chi connectivity index (χ0n) is 19.4. The lowest BCUT2D eigenvalue weighted by Gasteiger charge is -2.39. The molecule has 2 aromatic carbocycles. The third-order valence-corrected chi connectivity index (χ3v) is 7.59. The van der Waals surface area contributed by atoms with Gasteiger partial charge in [0.1, 0.15) is 0 Å². The fourth-order valence-electron chi connectivity index (χ4n) is 5.58. The second-order valence-corrected chi connectivity index (χ2v) is 9.54. The number of carbonyl (C=O) groups excluding carboxylic acids is 2. The van der Waals surface area contributed by atoms with Crippen LogP contribution in [0.25, 0.3) is 0 Å². The molecule has 2 aromatic rings. The van der Waals surface area contributed by atoms with Crippen LogP contribution in [-0.4, -0.2) is 78.9 Å². The number of anilines is 1. The van der Waals surface area contributed by atoms with Crippen LogP contribution in [0.4, 0.5) is 5.69 Å². The van der Waals surface area contributed by atoms with Crippen LogP contribution in [0.2, 0.25) is 0 Å². The number of piperidine rings is 1. The topological polar surface area (TPSA) is 47.1 Å². The fraction of sp³-hybridized carbons (Fsp3) is 0.481. The molecule has 2 fully saturated rings. The SMILES string of the molecule is O=CN1CCCN(C2CCN(c3ccc(C(=O)N4CCc5ccccc5C4)cc3)CC2)CC1. The monoisotopic (exact) mass is 446 g/mol. The smallest absolute Gasteiger partial charge is 0.254 e. The number of benzene rings is 2. The van der Waals surface area contributed by atoms with E-state index in [1.165, 1.54) is 16.8 Å². The molecule has 6 nitrogen and oxygen atoms in total. The first-order chi connectivity index (χ1) is 16.2. The highest BCUT2D eigenvalue weighted by atomic mass is 16.2. The van der Waals surface area contributed by atoms with Gasteiger partial charge in [-0.25, -0.2) is 0 Å². The van der Waals surface area contributed by atoms with Gasteiger partial charge in [0.05, 0.1) is 0 Å². The molecular weight excluding hydrogens is 412 g/mol. The molecule has 33 heavy (non-hydrogen) atoms. The van der Waals surface area contributed by atoms with Crippen LogP contribution in [-0.2, 0) is 17.8 Å². The summed E-state index contributed by atoms with van der Waals surface area (Å²) in [6, 6.07) is 17.2. The predicted octanol–water partition coefficient (Wildman–Crippen LogP) is 3.02. The molecule has 0 saturated carbocycles. The zero-order valence-corrected chi connectivity index (χ0v) is 19.4. The molecule has 0 radical (unpaired) electrons. The second kappa shape index (κ2) is 9.96. The quantitative estimate of drug-likeness (QED) is 0.678. The molecule has 3 aliphatic heterocycles. The van der Waals surface area contributed by atoms with Gasteiger partial charge in [-0.1, -0.05) is 24.3 Å². The molecule has 0 aliphatic carbocycles. The largest absolute Gasteiger partial charge is 0.371 e. The first-order valence-electron chi connectivity index (χ1n) is 12.4. The third kappa shape index (κ3) is 4.91. The van der Waals surface area contributed by atoms with Gasteiger partial charge in [0.25, 0.3) is 5.91 Å². The summed E-state index contributed by atoms with van der Waals surface area (Å²) in [6.45, 7) is 7.37. The molecule has 6 heteroatoms. The van der Waals surface area contributed by atoms with E-state index in [4.69, 9.17) is 0 Å². The summed E-state index contributed by atoms with van der Waals surface area (Å²) in [7, 11) is 0. The second-order valence-electron chi connectivity index (χ2n) is 9.54. The van der Waals surface area contributed by atoms with Crippen LogP contribution < -0.4 is 4.90 Å². The lowest BCUT2D eigenvalue weighted by atomic mass is 9.99. The maximum absolute atomic E-state index is 13.1. The number of nitrogens with zero attached hydrogens (tertiary/aromatic N) is 4. The van der Waals surface area contributed by atoms with Crippen molar-refractivity contribution in [3.63, 3.8) is 0 Å². The Balaban J connectivity index is 1.15. The van der Waals surface area contributed by atoms with Crippen LogP contribution in [0.5, 0.6) is 0 Å². The van der Waals surface area contributed by atoms with Crippen LogP contribution in [0.1, 0.15) is 40.7 Å². The summed E-state index contributed by atoms with van der Waals surface area (Å²) in [5.74, 6) is 0.125. The highest BCUT2D eigenvalue weighted by Gasteiger charge is 2.27. The molecule has 0 spiro atoms. The summed E-state index contributed by atoms with van der Waals surface area (Å²) in [4.78, 5) is 33.0. The van der Waals surface area contributed by atoms with Gasteiger partial charge < -0.3 is 14.7 Å². The molecule has 2 amide bonds. The summed E-state index contributed by atoms with van der Waals surface area (Å²) >= 11 is 0. The average molecular weight is 447 g/mol. The van der Waals surface area contributed by atoms with E-state index in [1.807, 2.05) is 21.9 Å². The Morgan fingerprint density at radius 1 is 0.818 bits per heavy atom. The van der Waals surface area contributed by atoms with E-state index < -0.39 is 0 Å². The van der Waals surface area contributed by atoms with Gasteiger partial charge in [-0.2, -0.15) is 0 Å². The molecule has 0 N–H and O–H groups in total. The van der Waals surface area contributed by atoms with E-state index >= 15 is 0 Å². The highest BCUT2D eigenvalue weighted by Crippen LogP contribution is 2.25. The van der Waals surface area contributed by atoms with Crippen molar-refractivity contribution < 1.29 is 9.59 Å². The Bertz CT molecular complexity index is 968. The van der Waals surface area contributed by atoms with E-state index in [0.29, 0.717) is 12.6 Å². The molecule has 0 aromatic heterocycles. The van der Waals surface area contributed by atoms with Gasteiger partial charge in [-0.15, -0.1) is 0 Å². The van der Waals surface area contributed by atoms with Crippen molar-refractivity contribution >= 4 is 18.0 Å². The molecule has 0 atom stereocenters. The number of carbonyl (C=O) groups is 2. The van der Waals surface area contributed by atoms with Crippen molar-refractivity contribution in [1.82, 2.24) is 14.7 Å². The predicted molar refractivity (Wildman–Crippen MR) is 130 cm³/mol. The molecule has 0 bridgehead atoms. The van der Waals surface area contributed by atoms with Gasteiger partial charge >= 0.3 is 0 Å². The highest BCUT2D eigenvalue weighted by molar-refractivity contribution is 5.94. The van der Waals surface area contributed by atoms with Crippen molar-refractivity contribution in [2.24, 2.45) is 0 Å². The lowest BCUT2D eigenvalue weighted by Crippen LogP contribution is -2.46. The van der Waals surface area contributed by atoms with Crippen LogP contribution in [0.3, 0.4) is 0 Å². The first kappa shape index (κ1) is 22.0. The van der Waals surface area contributed by atoms with E-state index in [0.717, 1.165) is 83.5 Å². The van der Waals surface area contributed by atoms with Crippen LogP contribution in [0.15, 0.2) is 48.5 Å². The molecule has 174 valence electrons. The Hall–Kier alpha value is -2.86. The minimum atomic E-state index is 0.125. The third-order valence-electron chi connectivity index (χ3n) is 7.59. The van der Waals surface area contributed by atoms with Gasteiger partial charge in [-0.3, -0.25) is 14.5 Å². The van der Waals surface area contributed by atoms with Crippen molar-refractivity contribution in [1.29, 1.82) is 0 Å². The summed E-state index contributed by atoms with van der Waals surface area (Å²) in [5.41, 5.74) is 4.61. The Morgan fingerprint density at radius 2 is 1.58 bits per heavy atom. The van der Waals surface area contributed by atoms with Crippen molar-refractivity contribution in [2.75, 3.05) is 50.7 Å².